The van der Waals surface area contributed by atoms with Gasteiger partial charge in [0.25, 0.3) is 0 Å². The van der Waals surface area contributed by atoms with Crippen LogP contribution in [0, 0.1) is 23.1 Å². The number of hydrogen-bond donors (Lipinski definition) is 0. The number of halogens is 2. The number of Topliss-reactive ketones (excluding diaryl/α,β-unsaturated/α-hetero) is 1. The SMILES string of the molecule is N#Cc1ccc(CC(=O)C2CCN(CCc3ccc4c(c3)COC4=O)CC2)c(Cl)c1F. The van der Waals surface area contributed by atoms with E-state index in [1.807, 2.05) is 18.2 Å². The molecule has 5 nitrogen and oxygen atoms in total. The van der Waals surface area contributed by atoms with E-state index in [2.05, 4.69) is 4.90 Å². The highest BCUT2D eigenvalue weighted by molar-refractivity contribution is 6.31. The third-order valence-electron chi connectivity index (χ3n) is 6.16. The maximum absolute atomic E-state index is 14.0. The smallest absolute Gasteiger partial charge is 0.338 e. The lowest BCUT2D eigenvalue weighted by molar-refractivity contribution is -0.123. The van der Waals surface area contributed by atoms with E-state index < -0.39 is 5.82 Å². The van der Waals surface area contributed by atoms with Crippen LogP contribution in [0.25, 0.3) is 0 Å². The van der Waals surface area contributed by atoms with Crippen molar-refractivity contribution in [2.45, 2.75) is 32.3 Å². The predicted octanol–water partition coefficient (Wildman–Crippen LogP) is 4.09. The van der Waals surface area contributed by atoms with Crippen LogP contribution in [0.4, 0.5) is 4.39 Å². The van der Waals surface area contributed by atoms with Crippen molar-refractivity contribution in [2.24, 2.45) is 5.92 Å². The Balaban J connectivity index is 1.27. The first-order chi connectivity index (χ1) is 15.0. The van der Waals surface area contributed by atoms with Crippen molar-refractivity contribution < 1.29 is 18.7 Å². The molecule has 0 N–H and O–H groups in total. The Morgan fingerprint density at radius 2 is 2.03 bits per heavy atom. The lowest BCUT2D eigenvalue weighted by Crippen LogP contribution is -2.37. The average Bonchev–Trinajstić information content (AvgIpc) is 3.16. The van der Waals surface area contributed by atoms with Crippen LogP contribution in [0.2, 0.25) is 5.02 Å². The number of piperidine rings is 1. The molecule has 0 aromatic heterocycles. The molecule has 0 bridgehead atoms. The van der Waals surface area contributed by atoms with Crippen molar-refractivity contribution in [3.05, 3.63) is 69.0 Å². The monoisotopic (exact) mass is 440 g/mol. The molecule has 0 spiro atoms. The van der Waals surface area contributed by atoms with E-state index in [1.165, 1.54) is 11.6 Å². The third-order valence-corrected chi connectivity index (χ3v) is 6.56. The van der Waals surface area contributed by atoms with Crippen LogP contribution >= 0.6 is 11.6 Å². The zero-order valence-corrected chi connectivity index (χ0v) is 17.8. The second kappa shape index (κ2) is 9.17. The number of ether oxygens (including phenoxy) is 1. The average molecular weight is 441 g/mol. The molecule has 1 fully saturated rings. The standard InChI is InChI=1S/C24H22ClFN2O3/c25-22-17(2-3-18(13-27)23(22)26)12-21(29)16-6-9-28(10-7-16)8-5-15-1-4-20-19(11-15)14-31-24(20)30/h1-4,11,16H,5-10,12,14H2. The molecule has 0 radical (unpaired) electrons. The number of esters is 1. The van der Waals surface area contributed by atoms with Gasteiger partial charge in [0.05, 0.1) is 16.1 Å². The molecule has 0 atom stereocenters. The molecular weight excluding hydrogens is 419 g/mol. The number of nitrogens with zero attached hydrogens (tertiary/aromatic N) is 2. The molecule has 31 heavy (non-hydrogen) atoms. The van der Waals surface area contributed by atoms with Crippen LogP contribution in [-0.4, -0.2) is 36.3 Å². The number of hydrogen-bond acceptors (Lipinski definition) is 5. The molecule has 2 aromatic carbocycles. The molecule has 1 saturated heterocycles. The first-order valence-corrected chi connectivity index (χ1v) is 10.7. The van der Waals surface area contributed by atoms with Gasteiger partial charge in [-0.05, 0) is 55.6 Å². The van der Waals surface area contributed by atoms with Crippen molar-refractivity contribution in [3.63, 3.8) is 0 Å². The number of likely N-dealkylation sites (tertiary alicyclic amines) is 1. The molecule has 0 amide bonds. The van der Waals surface area contributed by atoms with E-state index in [1.54, 1.807) is 12.1 Å². The highest BCUT2D eigenvalue weighted by atomic mass is 35.5. The molecule has 0 unspecified atom stereocenters. The second-order valence-electron chi connectivity index (χ2n) is 8.09. The number of carbonyl (C=O) groups excluding carboxylic acids is 2. The van der Waals surface area contributed by atoms with Gasteiger partial charge in [-0.3, -0.25) is 4.79 Å². The van der Waals surface area contributed by atoms with Crippen LogP contribution in [0.1, 0.15) is 45.5 Å². The number of cyclic esters (lactones) is 1. The van der Waals surface area contributed by atoms with Crippen molar-refractivity contribution in [2.75, 3.05) is 19.6 Å². The molecule has 160 valence electrons. The Hall–Kier alpha value is -2.75. The Labute approximate surface area is 185 Å². The summed E-state index contributed by atoms with van der Waals surface area (Å²) in [5.41, 5.74) is 3.10. The van der Waals surface area contributed by atoms with Gasteiger partial charge in [0.15, 0.2) is 5.82 Å². The molecule has 2 aliphatic rings. The van der Waals surface area contributed by atoms with Gasteiger partial charge in [-0.1, -0.05) is 29.8 Å². The van der Waals surface area contributed by atoms with E-state index in [0.717, 1.165) is 44.5 Å². The lowest BCUT2D eigenvalue weighted by Gasteiger charge is -2.31. The van der Waals surface area contributed by atoms with Gasteiger partial charge < -0.3 is 9.64 Å². The number of nitriles is 1. The summed E-state index contributed by atoms with van der Waals surface area (Å²) in [5, 5.41) is 8.74. The summed E-state index contributed by atoms with van der Waals surface area (Å²) in [5.74, 6) is -1.01. The van der Waals surface area contributed by atoms with Gasteiger partial charge in [-0.25, -0.2) is 9.18 Å². The highest BCUT2D eigenvalue weighted by Crippen LogP contribution is 2.27. The summed E-state index contributed by atoms with van der Waals surface area (Å²) >= 11 is 6.01. The maximum Gasteiger partial charge on any atom is 0.338 e. The zero-order valence-electron chi connectivity index (χ0n) is 17.0. The largest absolute Gasteiger partial charge is 0.457 e. The normalized spacial score (nSPS) is 16.6. The van der Waals surface area contributed by atoms with Crippen LogP contribution in [0.15, 0.2) is 30.3 Å². The maximum atomic E-state index is 14.0. The van der Waals surface area contributed by atoms with E-state index in [-0.39, 0.29) is 34.7 Å². The van der Waals surface area contributed by atoms with Gasteiger partial charge in [-0.2, -0.15) is 5.26 Å². The molecule has 2 heterocycles. The van der Waals surface area contributed by atoms with E-state index in [9.17, 15) is 14.0 Å². The summed E-state index contributed by atoms with van der Waals surface area (Å²) in [6.45, 7) is 2.90. The summed E-state index contributed by atoms with van der Waals surface area (Å²) in [4.78, 5) is 26.6. The number of carbonyl (C=O) groups is 2. The minimum absolute atomic E-state index is 0.0609. The van der Waals surface area contributed by atoms with Crippen LogP contribution < -0.4 is 0 Å². The second-order valence-corrected chi connectivity index (χ2v) is 8.47. The highest BCUT2D eigenvalue weighted by Gasteiger charge is 2.26. The molecule has 0 aliphatic carbocycles. The fraction of sp³-hybridized carbons (Fsp3) is 0.375. The van der Waals surface area contributed by atoms with Gasteiger partial charge >= 0.3 is 5.97 Å². The van der Waals surface area contributed by atoms with Gasteiger partial charge in [-0.15, -0.1) is 0 Å². The summed E-state index contributed by atoms with van der Waals surface area (Å²) in [6, 6.07) is 10.5. The lowest BCUT2D eigenvalue weighted by atomic mass is 9.89. The van der Waals surface area contributed by atoms with Crippen molar-refractivity contribution in [1.82, 2.24) is 4.90 Å². The van der Waals surface area contributed by atoms with Gasteiger partial charge in [0.2, 0.25) is 0 Å². The van der Waals surface area contributed by atoms with Crippen LogP contribution in [0.3, 0.4) is 0 Å². The van der Waals surface area contributed by atoms with Crippen molar-refractivity contribution in [1.29, 1.82) is 5.26 Å². The third kappa shape index (κ3) is 4.63. The zero-order chi connectivity index (χ0) is 22.0. The van der Waals surface area contributed by atoms with Crippen molar-refractivity contribution in [3.8, 4) is 6.07 Å². The topological polar surface area (TPSA) is 70.4 Å². The van der Waals surface area contributed by atoms with Gasteiger partial charge in [0, 0.05) is 24.4 Å². The summed E-state index contributed by atoms with van der Waals surface area (Å²) in [6.07, 6.45) is 2.49. The van der Waals surface area contributed by atoms with Crippen LogP contribution in [-0.2, 0) is 29.0 Å². The fourth-order valence-electron chi connectivity index (χ4n) is 4.25. The summed E-state index contributed by atoms with van der Waals surface area (Å²) < 4.78 is 19.1. The Bertz CT molecular complexity index is 1070. The summed E-state index contributed by atoms with van der Waals surface area (Å²) in [7, 11) is 0. The Kier molecular flexibility index (Phi) is 6.35. The van der Waals surface area contributed by atoms with E-state index in [4.69, 9.17) is 21.6 Å². The molecule has 2 aromatic rings. The molecule has 0 saturated carbocycles. The number of fused-ring (bicyclic) bond motifs is 1. The fourth-order valence-corrected chi connectivity index (χ4v) is 4.48. The van der Waals surface area contributed by atoms with Crippen LogP contribution in [0.5, 0.6) is 0 Å². The van der Waals surface area contributed by atoms with Gasteiger partial charge in [0.1, 0.15) is 18.5 Å². The number of rotatable bonds is 6. The molecule has 7 heteroatoms. The first kappa shape index (κ1) is 21.5. The number of ketones is 1. The quantitative estimate of drug-likeness (QED) is 0.633. The number of benzene rings is 2. The first-order valence-electron chi connectivity index (χ1n) is 10.4. The van der Waals surface area contributed by atoms with E-state index in [0.29, 0.717) is 17.7 Å². The molecular formula is C24H22ClFN2O3. The van der Waals surface area contributed by atoms with E-state index >= 15 is 0 Å². The van der Waals surface area contributed by atoms with Crippen molar-refractivity contribution >= 4 is 23.4 Å². The Morgan fingerprint density at radius 3 is 2.77 bits per heavy atom. The molecule has 2 aliphatic heterocycles. The Morgan fingerprint density at radius 1 is 1.26 bits per heavy atom. The minimum atomic E-state index is -0.758. The predicted molar refractivity (Wildman–Crippen MR) is 113 cm³/mol. The molecule has 4 rings (SSSR count). The minimum Gasteiger partial charge on any atom is -0.457 e.